The number of amides is 1. The van der Waals surface area contributed by atoms with Crippen LogP contribution in [-0.2, 0) is 11.8 Å². The summed E-state index contributed by atoms with van der Waals surface area (Å²) in [6.45, 7) is 7.25. The minimum atomic E-state index is -0.397. The van der Waals surface area contributed by atoms with Gasteiger partial charge in [0.25, 0.3) is 0 Å². The van der Waals surface area contributed by atoms with Gasteiger partial charge in [0.1, 0.15) is 0 Å². The van der Waals surface area contributed by atoms with Crippen molar-refractivity contribution in [3.63, 3.8) is 0 Å². The van der Waals surface area contributed by atoms with Crippen LogP contribution in [-0.4, -0.2) is 95.9 Å². The third-order valence-electron chi connectivity index (χ3n) is 8.42. The fraction of sp³-hybridized carbons (Fsp3) is 0.630. The molecule has 0 aliphatic carbocycles. The Kier molecular flexibility index (Phi) is 8.13. The number of anilines is 1. The fourth-order valence-corrected chi connectivity index (χ4v) is 6.19. The molecule has 5 rings (SSSR count). The number of rotatable bonds is 7. The van der Waals surface area contributed by atoms with Crippen molar-refractivity contribution in [2.45, 2.75) is 38.1 Å². The molecule has 0 saturated carbocycles. The average Bonchev–Trinajstić information content (AvgIpc) is 3.39. The van der Waals surface area contributed by atoms with Gasteiger partial charge in [0, 0.05) is 93.9 Å². The molecule has 3 aliphatic rings. The second-order valence-electron chi connectivity index (χ2n) is 10.7. The molecule has 3 aliphatic heterocycles. The van der Waals surface area contributed by atoms with Crippen LogP contribution >= 0.6 is 0 Å². The molecule has 0 bridgehead atoms. The largest absolute Gasteiger partial charge is 0.490 e. The Bertz CT molecular complexity index is 1130. The number of hydrogen-bond donors (Lipinski definition) is 1. The quantitative estimate of drug-likeness (QED) is 0.434. The summed E-state index contributed by atoms with van der Waals surface area (Å²) in [5, 5.41) is 19.4. The summed E-state index contributed by atoms with van der Waals surface area (Å²) in [5.41, 5.74) is 2.54. The maximum atomic E-state index is 12.8. The van der Waals surface area contributed by atoms with Crippen molar-refractivity contribution in [2.24, 2.45) is 13.0 Å². The Morgan fingerprint density at radius 2 is 1.82 bits per heavy atom. The van der Waals surface area contributed by atoms with E-state index in [2.05, 4.69) is 25.1 Å². The van der Waals surface area contributed by atoms with E-state index in [4.69, 9.17) is 4.74 Å². The van der Waals surface area contributed by atoms with Gasteiger partial charge in [0.2, 0.25) is 5.91 Å². The molecule has 2 aromatic rings. The zero-order valence-electron chi connectivity index (χ0n) is 22.5. The lowest BCUT2D eigenvalue weighted by molar-refractivity contribution is -0.385. The van der Waals surface area contributed by atoms with E-state index in [1.54, 1.807) is 23.0 Å². The molecule has 38 heavy (non-hydrogen) atoms. The number of aryl methyl sites for hydroxylation is 1. The van der Waals surface area contributed by atoms with Crippen molar-refractivity contribution in [3.8, 4) is 16.9 Å². The summed E-state index contributed by atoms with van der Waals surface area (Å²) in [5.74, 6) is 1.12. The number of benzene rings is 1. The Balaban J connectivity index is 1.21. The molecule has 1 aromatic carbocycles. The fourth-order valence-electron chi connectivity index (χ4n) is 6.19. The number of ether oxygens (including phenoxy) is 1. The first-order valence-corrected chi connectivity index (χ1v) is 13.8. The van der Waals surface area contributed by atoms with Gasteiger partial charge in [0.05, 0.1) is 18.2 Å². The predicted molar refractivity (Wildman–Crippen MR) is 145 cm³/mol. The summed E-state index contributed by atoms with van der Waals surface area (Å²) < 4.78 is 7.10. The number of piperazine rings is 1. The van der Waals surface area contributed by atoms with Crippen molar-refractivity contribution in [2.75, 3.05) is 64.4 Å². The van der Waals surface area contributed by atoms with Crippen LogP contribution in [0.1, 0.15) is 32.1 Å². The smallest absolute Gasteiger partial charge is 0.311 e. The first-order valence-electron chi connectivity index (χ1n) is 13.8. The van der Waals surface area contributed by atoms with Crippen LogP contribution < -0.4 is 15.0 Å². The third kappa shape index (κ3) is 5.78. The summed E-state index contributed by atoms with van der Waals surface area (Å²) >= 11 is 0. The number of carbonyl (C=O) groups is 1. The van der Waals surface area contributed by atoms with E-state index >= 15 is 0 Å². The van der Waals surface area contributed by atoms with Crippen LogP contribution in [0.5, 0.6) is 5.75 Å². The molecule has 11 nitrogen and oxygen atoms in total. The van der Waals surface area contributed by atoms with Crippen LogP contribution in [0.4, 0.5) is 11.4 Å². The molecule has 0 spiro atoms. The summed E-state index contributed by atoms with van der Waals surface area (Å²) in [6.07, 6.45) is 8.55. The molecule has 0 radical (unpaired) electrons. The zero-order valence-corrected chi connectivity index (χ0v) is 22.5. The second kappa shape index (κ2) is 11.7. The van der Waals surface area contributed by atoms with Crippen molar-refractivity contribution in [1.82, 2.24) is 24.9 Å². The van der Waals surface area contributed by atoms with Crippen LogP contribution in [0, 0.1) is 16.0 Å². The predicted octanol–water partition coefficient (Wildman–Crippen LogP) is 2.51. The maximum Gasteiger partial charge on any atom is 0.311 e. The highest BCUT2D eigenvalue weighted by Crippen LogP contribution is 2.41. The molecule has 206 valence electrons. The van der Waals surface area contributed by atoms with Crippen molar-refractivity contribution < 1.29 is 14.5 Å². The topological polar surface area (TPSA) is 109 Å². The second-order valence-corrected chi connectivity index (χ2v) is 10.7. The minimum Gasteiger partial charge on any atom is -0.490 e. The number of nitrogens with zero attached hydrogens (tertiary/aromatic N) is 6. The van der Waals surface area contributed by atoms with Gasteiger partial charge in [-0.3, -0.25) is 24.5 Å². The Hall–Kier alpha value is -3.18. The Morgan fingerprint density at radius 1 is 1.11 bits per heavy atom. The van der Waals surface area contributed by atoms with Crippen LogP contribution in [0.15, 0.2) is 24.5 Å². The van der Waals surface area contributed by atoms with Gasteiger partial charge in [-0.2, -0.15) is 5.10 Å². The summed E-state index contributed by atoms with van der Waals surface area (Å²) in [6, 6.07) is 3.89. The van der Waals surface area contributed by atoms with Gasteiger partial charge in [-0.25, -0.2) is 0 Å². The number of carbonyl (C=O) groups excluding carboxylic acids is 1. The molecule has 0 unspecified atom stereocenters. The molecule has 11 heteroatoms. The molecule has 1 aromatic heterocycles. The van der Waals surface area contributed by atoms with Crippen LogP contribution in [0.25, 0.3) is 11.1 Å². The van der Waals surface area contributed by atoms with E-state index in [9.17, 15) is 14.9 Å². The number of piperidine rings is 2. The van der Waals surface area contributed by atoms with Gasteiger partial charge in [-0.15, -0.1) is 0 Å². The molecular weight excluding hydrogens is 486 g/mol. The number of nitro benzene ring substituents is 1. The molecule has 4 heterocycles. The van der Waals surface area contributed by atoms with E-state index < -0.39 is 4.92 Å². The van der Waals surface area contributed by atoms with E-state index in [1.807, 2.05) is 13.2 Å². The third-order valence-corrected chi connectivity index (χ3v) is 8.42. The number of nitrogens with one attached hydrogen (secondary N) is 1. The minimum absolute atomic E-state index is 0.0439. The standard InChI is InChI=1S/C27H39N7O4/c1-30-19-21(18-29-30)23-16-25(34(36)37)26(38-2)17-24(23)32-9-5-22(6-10-32)31-11-13-33(14-12-31)27(35)15-20-3-7-28-8-4-20/h16-20,22,28H,3-15H2,1-2H3. The highest BCUT2D eigenvalue weighted by Gasteiger charge is 2.31. The lowest BCUT2D eigenvalue weighted by atomic mass is 9.94. The van der Waals surface area contributed by atoms with Crippen LogP contribution in [0.2, 0.25) is 0 Å². The van der Waals surface area contributed by atoms with Crippen molar-refractivity contribution in [1.29, 1.82) is 0 Å². The Labute approximate surface area is 223 Å². The van der Waals surface area contributed by atoms with Gasteiger partial charge in [0.15, 0.2) is 5.75 Å². The Morgan fingerprint density at radius 3 is 2.42 bits per heavy atom. The lowest BCUT2D eigenvalue weighted by Gasteiger charge is -2.43. The number of hydrogen-bond acceptors (Lipinski definition) is 8. The molecular formula is C27H39N7O4. The number of methoxy groups -OCH3 is 1. The average molecular weight is 526 g/mol. The molecule has 3 saturated heterocycles. The van der Waals surface area contributed by atoms with Gasteiger partial charge >= 0.3 is 5.69 Å². The maximum absolute atomic E-state index is 12.8. The summed E-state index contributed by atoms with van der Waals surface area (Å²) in [7, 11) is 3.31. The zero-order chi connectivity index (χ0) is 26.6. The van der Waals surface area contributed by atoms with E-state index in [0.717, 1.165) is 94.9 Å². The summed E-state index contributed by atoms with van der Waals surface area (Å²) in [4.78, 5) is 31.1. The highest BCUT2D eigenvalue weighted by molar-refractivity contribution is 5.82. The van der Waals surface area contributed by atoms with E-state index in [1.165, 1.54) is 7.11 Å². The van der Waals surface area contributed by atoms with Crippen LogP contribution in [0.3, 0.4) is 0 Å². The molecule has 3 fully saturated rings. The monoisotopic (exact) mass is 525 g/mol. The van der Waals surface area contributed by atoms with Gasteiger partial charge in [-0.05, 0) is 44.7 Å². The normalized spacial score (nSPS) is 20.1. The first-order chi connectivity index (χ1) is 18.4. The molecule has 1 amide bonds. The van der Waals surface area contributed by atoms with Crippen molar-refractivity contribution >= 4 is 17.3 Å². The number of aromatic nitrogens is 2. The lowest BCUT2D eigenvalue weighted by Crippen LogP contribution is -2.54. The van der Waals surface area contributed by atoms with Gasteiger partial charge in [-0.1, -0.05) is 0 Å². The van der Waals surface area contributed by atoms with Gasteiger partial charge < -0.3 is 19.9 Å². The van der Waals surface area contributed by atoms with Crippen molar-refractivity contribution in [3.05, 3.63) is 34.6 Å². The van der Waals surface area contributed by atoms with E-state index in [0.29, 0.717) is 24.3 Å². The van der Waals surface area contributed by atoms with E-state index in [-0.39, 0.29) is 11.4 Å². The first kappa shape index (κ1) is 26.4. The highest BCUT2D eigenvalue weighted by atomic mass is 16.6. The molecule has 0 atom stereocenters. The molecule has 1 N–H and O–H groups in total. The SMILES string of the molecule is COc1cc(N2CCC(N3CCN(C(=O)CC4CCNCC4)CC3)CC2)c(-c2cnn(C)c2)cc1[N+](=O)[O-]. The number of nitro groups is 1.